The van der Waals surface area contributed by atoms with Gasteiger partial charge in [-0.15, -0.1) is 0 Å². The molecule has 2 aromatic rings. The van der Waals surface area contributed by atoms with Crippen LogP contribution in [0.5, 0.6) is 0 Å². The minimum absolute atomic E-state index is 0.113. The molecule has 0 saturated carbocycles. The summed E-state index contributed by atoms with van der Waals surface area (Å²) in [5.41, 5.74) is 10.1. The molecule has 0 fully saturated rings. The van der Waals surface area contributed by atoms with Gasteiger partial charge in [-0.1, -0.05) is 23.8 Å². The van der Waals surface area contributed by atoms with Crippen LogP contribution in [0.1, 0.15) is 22.5 Å². The molecule has 90 valence electrons. The van der Waals surface area contributed by atoms with E-state index >= 15 is 0 Å². The number of hydrogen-bond acceptors (Lipinski definition) is 2. The number of benzene rings is 1. The van der Waals surface area contributed by atoms with Gasteiger partial charge >= 0.3 is 0 Å². The van der Waals surface area contributed by atoms with Crippen LogP contribution in [0.2, 0.25) is 0 Å². The first kappa shape index (κ1) is 11.9. The highest BCUT2D eigenvalue weighted by Crippen LogP contribution is 2.14. The van der Waals surface area contributed by atoms with Crippen LogP contribution in [0, 0.1) is 13.8 Å². The van der Waals surface area contributed by atoms with Crippen LogP contribution in [0.15, 0.2) is 41.0 Å². The lowest BCUT2D eigenvalue weighted by Gasteiger charge is -2.13. The molecule has 0 saturated heterocycles. The first-order valence-corrected chi connectivity index (χ1v) is 5.99. The standard InChI is InChI=1S/C15H19NO/c1-11-5-6-12(2)13(8-11)9-14(16)10-15-4-3-7-17-15/h3-8,14H,9-10,16H2,1-2H3. The van der Waals surface area contributed by atoms with Gasteiger partial charge in [0.2, 0.25) is 0 Å². The van der Waals surface area contributed by atoms with Gasteiger partial charge in [0, 0.05) is 12.5 Å². The lowest BCUT2D eigenvalue weighted by molar-refractivity contribution is 0.482. The summed E-state index contributed by atoms with van der Waals surface area (Å²) >= 11 is 0. The predicted octanol–water partition coefficient (Wildman–Crippen LogP) is 3.01. The van der Waals surface area contributed by atoms with Gasteiger partial charge in [0.25, 0.3) is 0 Å². The van der Waals surface area contributed by atoms with Gasteiger partial charge in [-0.25, -0.2) is 0 Å². The molecule has 0 aliphatic carbocycles. The average Bonchev–Trinajstić information content (AvgIpc) is 2.76. The normalized spacial score (nSPS) is 12.6. The van der Waals surface area contributed by atoms with Crippen molar-refractivity contribution in [3.8, 4) is 0 Å². The van der Waals surface area contributed by atoms with Crippen LogP contribution in [0.4, 0.5) is 0 Å². The van der Waals surface area contributed by atoms with Crippen LogP contribution in [0.25, 0.3) is 0 Å². The summed E-state index contributed by atoms with van der Waals surface area (Å²) < 4.78 is 5.32. The minimum atomic E-state index is 0.113. The zero-order valence-electron chi connectivity index (χ0n) is 10.4. The molecular formula is C15H19NO. The van der Waals surface area contributed by atoms with Crippen LogP contribution in [0.3, 0.4) is 0 Å². The van der Waals surface area contributed by atoms with E-state index in [9.17, 15) is 0 Å². The average molecular weight is 229 g/mol. The number of rotatable bonds is 4. The van der Waals surface area contributed by atoms with E-state index in [0.717, 1.165) is 18.6 Å². The van der Waals surface area contributed by atoms with Gasteiger partial charge in [-0.3, -0.25) is 0 Å². The molecule has 1 aromatic heterocycles. The van der Waals surface area contributed by atoms with E-state index in [1.807, 2.05) is 12.1 Å². The number of furan rings is 1. The Kier molecular flexibility index (Phi) is 3.64. The Morgan fingerprint density at radius 3 is 2.71 bits per heavy atom. The number of nitrogens with two attached hydrogens (primary N) is 1. The second-order valence-electron chi connectivity index (χ2n) is 4.68. The van der Waals surface area contributed by atoms with Crippen molar-refractivity contribution in [2.75, 3.05) is 0 Å². The van der Waals surface area contributed by atoms with Crippen molar-refractivity contribution in [2.45, 2.75) is 32.7 Å². The van der Waals surface area contributed by atoms with Crippen molar-refractivity contribution in [3.05, 3.63) is 59.0 Å². The molecule has 2 nitrogen and oxygen atoms in total. The summed E-state index contributed by atoms with van der Waals surface area (Å²) in [4.78, 5) is 0. The molecule has 0 radical (unpaired) electrons. The maximum Gasteiger partial charge on any atom is 0.105 e. The van der Waals surface area contributed by atoms with Gasteiger partial charge < -0.3 is 10.2 Å². The first-order chi connectivity index (χ1) is 8.15. The third kappa shape index (κ3) is 3.21. The fourth-order valence-corrected chi connectivity index (χ4v) is 2.06. The maximum absolute atomic E-state index is 6.16. The fraction of sp³-hybridized carbons (Fsp3) is 0.333. The Labute approximate surface area is 102 Å². The first-order valence-electron chi connectivity index (χ1n) is 5.99. The largest absolute Gasteiger partial charge is 0.469 e. The van der Waals surface area contributed by atoms with Crippen molar-refractivity contribution in [1.82, 2.24) is 0 Å². The molecule has 17 heavy (non-hydrogen) atoms. The van der Waals surface area contributed by atoms with Crippen LogP contribution in [-0.4, -0.2) is 6.04 Å². The van der Waals surface area contributed by atoms with Crippen LogP contribution in [-0.2, 0) is 12.8 Å². The summed E-state index contributed by atoms with van der Waals surface area (Å²) in [7, 11) is 0. The SMILES string of the molecule is Cc1ccc(C)c(CC(N)Cc2ccco2)c1. The monoisotopic (exact) mass is 229 g/mol. The van der Waals surface area contributed by atoms with Gasteiger partial charge in [0.05, 0.1) is 6.26 Å². The zero-order chi connectivity index (χ0) is 12.3. The van der Waals surface area contributed by atoms with Crippen LogP contribution < -0.4 is 5.73 Å². The minimum Gasteiger partial charge on any atom is -0.469 e. The Balaban J connectivity index is 2.02. The van der Waals surface area contributed by atoms with Gasteiger partial charge in [-0.05, 0) is 43.5 Å². The quantitative estimate of drug-likeness (QED) is 0.875. The molecule has 1 unspecified atom stereocenters. The molecule has 2 N–H and O–H groups in total. The lowest BCUT2D eigenvalue weighted by Crippen LogP contribution is -2.25. The van der Waals surface area contributed by atoms with Crippen molar-refractivity contribution < 1.29 is 4.42 Å². The van der Waals surface area contributed by atoms with E-state index in [-0.39, 0.29) is 6.04 Å². The van der Waals surface area contributed by atoms with Crippen molar-refractivity contribution >= 4 is 0 Å². The van der Waals surface area contributed by atoms with Crippen molar-refractivity contribution in [1.29, 1.82) is 0 Å². The second kappa shape index (κ2) is 5.19. The Hall–Kier alpha value is -1.54. The molecule has 1 aromatic carbocycles. The van der Waals surface area contributed by atoms with E-state index in [1.54, 1.807) is 6.26 Å². The number of hydrogen-bond donors (Lipinski definition) is 1. The third-order valence-electron chi connectivity index (χ3n) is 3.03. The summed E-state index contributed by atoms with van der Waals surface area (Å²) in [6, 6.07) is 10.5. The van der Waals surface area contributed by atoms with Crippen molar-refractivity contribution in [3.63, 3.8) is 0 Å². The lowest BCUT2D eigenvalue weighted by atomic mass is 9.97. The third-order valence-corrected chi connectivity index (χ3v) is 3.03. The number of aryl methyl sites for hydroxylation is 2. The molecule has 2 rings (SSSR count). The predicted molar refractivity (Wildman–Crippen MR) is 70.0 cm³/mol. The molecular weight excluding hydrogens is 210 g/mol. The molecule has 0 amide bonds. The van der Waals surface area contributed by atoms with E-state index in [2.05, 4.69) is 32.0 Å². The van der Waals surface area contributed by atoms with Crippen molar-refractivity contribution in [2.24, 2.45) is 5.73 Å². The smallest absolute Gasteiger partial charge is 0.105 e. The summed E-state index contributed by atoms with van der Waals surface area (Å²) in [5.74, 6) is 0.961. The van der Waals surface area contributed by atoms with E-state index < -0.39 is 0 Å². The van der Waals surface area contributed by atoms with Gasteiger partial charge in [0.15, 0.2) is 0 Å². The molecule has 0 spiro atoms. The summed E-state index contributed by atoms with van der Waals surface area (Å²) in [6.07, 6.45) is 3.38. The van der Waals surface area contributed by atoms with E-state index in [0.29, 0.717) is 0 Å². The zero-order valence-corrected chi connectivity index (χ0v) is 10.4. The highest BCUT2D eigenvalue weighted by Gasteiger charge is 2.09. The summed E-state index contributed by atoms with van der Waals surface area (Å²) in [6.45, 7) is 4.25. The fourth-order valence-electron chi connectivity index (χ4n) is 2.06. The highest BCUT2D eigenvalue weighted by atomic mass is 16.3. The Morgan fingerprint density at radius 1 is 1.18 bits per heavy atom. The van der Waals surface area contributed by atoms with E-state index in [4.69, 9.17) is 10.2 Å². The molecule has 1 heterocycles. The maximum atomic E-state index is 6.16. The Morgan fingerprint density at radius 2 is 2.00 bits per heavy atom. The molecule has 1 atom stereocenters. The van der Waals surface area contributed by atoms with E-state index in [1.165, 1.54) is 16.7 Å². The molecule has 0 aliphatic rings. The Bertz CT molecular complexity index is 474. The van der Waals surface area contributed by atoms with Gasteiger partial charge in [-0.2, -0.15) is 0 Å². The molecule has 0 aliphatic heterocycles. The summed E-state index contributed by atoms with van der Waals surface area (Å²) in [5, 5.41) is 0. The topological polar surface area (TPSA) is 39.2 Å². The molecule has 2 heteroatoms. The second-order valence-corrected chi connectivity index (χ2v) is 4.68. The van der Waals surface area contributed by atoms with Crippen LogP contribution >= 0.6 is 0 Å². The highest BCUT2D eigenvalue weighted by molar-refractivity contribution is 5.31. The molecule has 0 bridgehead atoms. The van der Waals surface area contributed by atoms with Gasteiger partial charge in [0.1, 0.15) is 5.76 Å².